The smallest absolute Gasteiger partial charge is 0.309 e. The molecule has 1 aromatic carbocycles. The normalized spacial score (nSPS) is 13.9. The summed E-state index contributed by atoms with van der Waals surface area (Å²) in [6.07, 6.45) is 1.13. The summed E-state index contributed by atoms with van der Waals surface area (Å²) in [5.41, 5.74) is 0.349. The molecule has 1 aliphatic rings. The lowest BCUT2D eigenvalue weighted by atomic mass is 9.97. The number of likely N-dealkylation sites (tertiary alicyclic amines) is 1. The maximum Gasteiger partial charge on any atom is 0.309 e. The fraction of sp³-hybridized carbons (Fsp3) is 0.625. The molecule has 0 spiro atoms. The first-order chi connectivity index (χ1) is 15.9. The quantitative estimate of drug-likeness (QED) is 0.465. The Morgan fingerprint density at radius 2 is 1.45 bits per heavy atom. The van der Waals surface area contributed by atoms with E-state index in [2.05, 4.69) is 0 Å². The Morgan fingerprint density at radius 1 is 0.909 bits per heavy atom. The summed E-state index contributed by atoms with van der Waals surface area (Å²) in [6, 6.07) is 3.23. The van der Waals surface area contributed by atoms with Crippen molar-refractivity contribution in [2.75, 3.05) is 53.1 Å². The highest BCUT2D eigenvalue weighted by Crippen LogP contribution is 2.39. The van der Waals surface area contributed by atoms with Gasteiger partial charge in [-0.05, 0) is 52.7 Å². The molecule has 0 unspecified atom stereocenters. The number of hydrogen-bond acceptors (Lipinski definition) is 7. The summed E-state index contributed by atoms with van der Waals surface area (Å²) in [7, 11) is 1.59. The Hall–Kier alpha value is -2.97. The second kappa shape index (κ2) is 12.9. The minimum absolute atomic E-state index is 0.0654. The molecule has 1 aliphatic heterocycles. The molecule has 1 saturated heterocycles. The summed E-state index contributed by atoms with van der Waals surface area (Å²) in [4.78, 5) is 40.8. The monoisotopic (exact) mass is 464 g/mol. The van der Waals surface area contributed by atoms with Crippen LogP contribution in [0.15, 0.2) is 12.1 Å². The maximum absolute atomic E-state index is 13.1. The van der Waals surface area contributed by atoms with Crippen molar-refractivity contribution in [3.8, 4) is 17.2 Å². The van der Waals surface area contributed by atoms with E-state index in [0.717, 1.165) is 0 Å². The average molecular weight is 465 g/mol. The van der Waals surface area contributed by atoms with Gasteiger partial charge in [-0.2, -0.15) is 0 Å². The molecule has 0 bridgehead atoms. The van der Waals surface area contributed by atoms with Crippen LogP contribution in [0.5, 0.6) is 17.2 Å². The number of carbonyl (C=O) groups excluding carboxylic acids is 3. The van der Waals surface area contributed by atoms with Crippen molar-refractivity contribution in [3.63, 3.8) is 0 Å². The van der Waals surface area contributed by atoms with E-state index in [1.807, 2.05) is 20.8 Å². The van der Waals surface area contributed by atoms with E-state index in [4.69, 9.17) is 18.9 Å². The first-order valence-corrected chi connectivity index (χ1v) is 11.6. The number of nitrogens with zero attached hydrogens (tertiary/aromatic N) is 2. The van der Waals surface area contributed by atoms with Gasteiger partial charge < -0.3 is 28.7 Å². The van der Waals surface area contributed by atoms with Crippen LogP contribution in [0.2, 0.25) is 0 Å². The highest BCUT2D eigenvalue weighted by molar-refractivity contribution is 5.97. The number of amides is 2. The summed E-state index contributed by atoms with van der Waals surface area (Å²) >= 11 is 0. The molecule has 33 heavy (non-hydrogen) atoms. The molecule has 0 N–H and O–H groups in total. The van der Waals surface area contributed by atoms with E-state index in [9.17, 15) is 14.4 Å². The van der Waals surface area contributed by atoms with Gasteiger partial charge in [-0.15, -0.1) is 0 Å². The molecule has 9 nitrogen and oxygen atoms in total. The van der Waals surface area contributed by atoms with Crippen LogP contribution in [0.1, 0.15) is 50.9 Å². The number of hydrogen-bond donors (Lipinski definition) is 0. The fourth-order valence-electron chi connectivity index (χ4n) is 3.73. The third kappa shape index (κ3) is 7.00. The number of benzene rings is 1. The van der Waals surface area contributed by atoms with Crippen LogP contribution in [-0.2, 0) is 14.3 Å². The van der Waals surface area contributed by atoms with E-state index in [1.165, 1.54) is 4.90 Å². The van der Waals surface area contributed by atoms with E-state index >= 15 is 0 Å². The topological polar surface area (TPSA) is 94.6 Å². The molecule has 0 saturated carbocycles. The first-order valence-electron chi connectivity index (χ1n) is 11.6. The largest absolute Gasteiger partial charge is 0.490 e. The average Bonchev–Trinajstić information content (AvgIpc) is 2.81. The van der Waals surface area contributed by atoms with Gasteiger partial charge in [-0.25, -0.2) is 0 Å². The molecule has 0 atom stereocenters. The van der Waals surface area contributed by atoms with Crippen LogP contribution in [0, 0.1) is 5.92 Å². The van der Waals surface area contributed by atoms with E-state index in [1.54, 1.807) is 31.0 Å². The molecule has 1 fully saturated rings. The first kappa shape index (κ1) is 26.3. The molecule has 9 heteroatoms. The molecule has 0 radical (unpaired) electrons. The Kier molecular flexibility index (Phi) is 10.3. The zero-order valence-corrected chi connectivity index (χ0v) is 20.3. The van der Waals surface area contributed by atoms with Crippen LogP contribution >= 0.6 is 0 Å². The van der Waals surface area contributed by atoms with Crippen LogP contribution in [0.4, 0.5) is 0 Å². The minimum atomic E-state index is -0.324. The van der Waals surface area contributed by atoms with Gasteiger partial charge in [-0.3, -0.25) is 14.4 Å². The molecule has 1 aromatic rings. The van der Waals surface area contributed by atoms with Crippen molar-refractivity contribution in [2.45, 2.75) is 40.5 Å². The van der Waals surface area contributed by atoms with Crippen molar-refractivity contribution in [3.05, 3.63) is 17.7 Å². The minimum Gasteiger partial charge on any atom is -0.490 e. The predicted molar refractivity (Wildman–Crippen MR) is 123 cm³/mol. The van der Waals surface area contributed by atoms with Crippen molar-refractivity contribution < 1.29 is 33.3 Å². The molecule has 0 aromatic heterocycles. The van der Waals surface area contributed by atoms with Gasteiger partial charge >= 0.3 is 5.97 Å². The molecule has 2 amide bonds. The van der Waals surface area contributed by atoms with Gasteiger partial charge in [0.15, 0.2) is 11.5 Å². The van der Waals surface area contributed by atoms with Gasteiger partial charge in [0.1, 0.15) is 0 Å². The zero-order chi connectivity index (χ0) is 24.4. The SMILES string of the molecule is CCOC(=O)C1CCN(C(=O)CN(C)C(=O)c2cc(OCC)c(OCC)c(OCC)c2)CC1. The number of piperidine rings is 1. The van der Waals surface area contributed by atoms with Gasteiger partial charge in [0.25, 0.3) is 5.91 Å². The van der Waals surface area contributed by atoms with E-state index in [0.29, 0.717) is 75.2 Å². The molecule has 0 aliphatic carbocycles. The Labute approximate surface area is 195 Å². The molecular formula is C24H36N2O7. The zero-order valence-electron chi connectivity index (χ0n) is 20.3. The molecule has 2 rings (SSSR count). The second-order valence-electron chi connectivity index (χ2n) is 7.67. The molecule has 1 heterocycles. The molecule has 184 valence electrons. The third-order valence-corrected chi connectivity index (χ3v) is 5.34. The van der Waals surface area contributed by atoms with Crippen molar-refractivity contribution in [1.82, 2.24) is 9.80 Å². The van der Waals surface area contributed by atoms with Gasteiger partial charge in [0, 0.05) is 25.7 Å². The third-order valence-electron chi connectivity index (χ3n) is 5.34. The summed E-state index contributed by atoms with van der Waals surface area (Å²) in [6.45, 7) is 9.79. The van der Waals surface area contributed by atoms with Crippen LogP contribution in [0.3, 0.4) is 0 Å². The summed E-state index contributed by atoms with van der Waals surface area (Å²) in [5, 5.41) is 0. The lowest BCUT2D eigenvalue weighted by Gasteiger charge is -2.32. The van der Waals surface area contributed by atoms with Gasteiger partial charge in [0.2, 0.25) is 11.7 Å². The summed E-state index contributed by atoms with van der Waals surface area (Å²) < 4.78 is 22.1. The van der Waals surface area contributed by atoms with Crippen molar-refractivity contribution >= 4 is 17.8 Å². The van der Waals surface area contributed by atoms with Gasteiger partial charge in [-0.1, -0.05) is 0 Å². The lowest BCUT2D eigenvalue weighted by Crippen LogP contribution is -2.45. The number of esters is 1. The highest BCUT2D eigenvalue weighted by atomic mass is 16.5. The Bertz CT molecular complexity index is 792. The van der Waals surface area contributed by atoms with Gasteiger partial charge in [0.05, 0.1) is 38.9 Å². The van der Waals surface area contributed by atoms with Crippen molar-refractivity contribution in [1.29, 1.82) is 0 Å². The second-order valence-corrected chi connectivity index (χ2v) is 7.67. The fourth-order valence-corrected chi connectivity index (χ4v) is 3.73. The lowest BCUT2D eigenvalue weighted by molar-refractivity contribution is -0.151. The number of likely N-dealkylation sites (N-methyl/N-ethyl adjacent to an activating group) is 1. The maximum atomic E-state index is 13.1. The van der Waals surface area contributed by atoms with Crippen LogP contribution in [-0.4, -0.2) is 80.7 Å². The predicted octanol–water partition coefficient (Wildman–Crippen LogP) is 2.76. The van der Waals surface area contributed by atoms with Crippen LogP contribution in [0.25, 0.3) is 0 Å². The van der Waals surface area contributed by atoms with E-state index in [-0.39, 0.29) is 30.2 Å². The van der Waals surface area contributed by atoms with E-state index < -0.39 is 0 Å². The van der Waals surface area contributed by atoms with Crippen LogP contribution < -0.4 is 14.2 Å². The standard InChI is InChI=1S/C24H36N2O7/c1-6-30-19-14-18(15-20(31-7-2)22(19)32-8-3)23(28)25(5)16-21(27)26-12-10-17(11-13-26)24(29)33-9-4/h14-15,17H,6-13,16H2,1-5H3. The highest BCUT2D eigenvalue weighted by Gasteiger charge is 2.29. The Balaban J connectivity index is 2.08. The Morgan fingerprint density at radius 3 is 1.94 bits per heavy atom. The number of rotatable bonds is 11. The number of ether oxygens (including phenoxy) is 4. The summed E-state index contributed by atoms with van der Waals surface area (Å²) in [5.74, 6) is 0.447. The molecular weight excluding hydrogens is 428 g/mol. The number of carbonyl (C=O) groups is 3. The van der Waals surface area contributed by atoms with Crippen molar-refractivity contribution in [2.24, 2.45) is 5.92 Å².